The molecule has 0 aliphatic rings. The molecule has 4 rings (SSSR count). The van der Waals surface area contributed by atoms with Crippen LogP contribution >= 0.6 is 0 Å². The van der Waals surface area contributed by atoms with Crippen molar-refractivity contribution in [1.82, 2.24) is 0 Å². The Kier molecular flexibility index (Phi) is 5.53. The number of methoxy groups -OCH3 is 1. The molecule has 0 bridgehead atoms. The largest absolute Gasteiger partial charge is 0.497 e. The predicted molar refractivity (Wildman–Crippen MR) is 116 cm³/mol. The Hall–Kier alpha value is -3.32. The molecule has 0 radical (unpaired) electrons. The van der Waals surface area contributed by atoms with Crippen molar-refractivity contribution in [3.05, 3.63) is 138 Å². The van der Waals surface area contributed by atoms with Gasteiger partial charge in [0, 0.05) is 11.8 Å². The van der Waals surface area contributed by atoms with Crippen LogP contribution in [0.4, 0.5) is 0 Å². The Morgan fingerprint density at radius 2 is 0.750 bits per heavy atom. The highest BCUT2D eigenvalue weighted by Gasteiger charge is 2.28. The average Bonchev–Trinajstić information content (AvgIpc) is 2.79. The molecule has 0 saturated heterocycles. The summed E-state index contributed by atoms with van der Waals surface area (Å²) in [6.07, 6.45) is 0. The molecule has 0 aliphatic heterocycles. The van der Waals surface area contributed by atoms with E-state index in [0.29, 0.717) is 0 Å². The van der Waals surface area contributed by atoms with Crippen molar-refractivity contribution in [3.8, 4) is 5.75 Å². The molecule has 0 aromatic heterocycles. The lowest BCUT2D eigenvalue weighted by Crippen LogP contribution is -2.14. The Bertz CT molecular complexity index is 937. The highest BCUT2D eigenvalue weighted by molar-refractivity contribution is 5.45. The molecule has 0 fully saturated rings. The minimum Gasteiger partial charge on any atom is -0.497 e. The van der Waals surface area contributed by atoms with Crippen LogP contribution in [0, 0.1) is 0 Å². The van der Waals surface area contributed by atoms with E-state index in [1.807, 2.05) is 0 Å². The van der Waals surface area contributed by atoms with E-state index in [1.54, 1.807) is 7.11 Å². The fourth-order valence-corrected chi connectivity index (χ4v) is 3.95. The highest BCUT2D eigenvalue weighted by Crippen LogP contribution is 2.43. The third-order valence-electron chi connectivity index (χ3n) is 5.28. The number of ether oxygens (including phenoxy) is 1. The molecule has 1 atom stereocenters. The van der Waals surface area contributed by atoms with Crippen molar-refractivity contribution in [2.75, 3.05) is 7.11 Å². The van der Waals surface area contributed by atoms with Crippen LogP contribution in [-0.2, 0) is 0 Å². The lowest BCUT2D eigenvalue weighted by molar-refractivity contribution is 0.414. The second kappa shape index (κ2) is 8.58. The molecule has 0 heterocycles. The smallest absolute Gasteiger partial charge is 0.118 e. The highest BCUT2D eigenvalue weighted by atomic mass is 16.5. The molecular formula is C27H24O. The summed E-state index contributed by atoms with van der Waals surface area (Å²) in [6, 6.07) is 40.9. The van der Waals surface area contributed by atoms with Crippen molar-refractivity contribution >= 4 is 0 Å². The van der Waals surface area contributed by atoms with Crippen molar-refractivity contribution < 1.29 is 4.74 Å². The summed E-state index contributed by atoms with van der Waals surface area (Å²) in [5, 5.41) is 0. The van der Waals surface area contributed by atoms with E-state index in [4.69, 9.17) is 4.74 Å². The van der Waals surface area contributed by atoms with E-state index in [2.05, 4.69) is 115 Å². The maximum atomic E-state index is 5.38. The Labute approximate surface area is 167 Å². The summed E-state index contributed by atoms with van der Waals surface area (Å²) >= 11 is 0. The van der Waals surface area contributed by atoms with Crippen LogP contribution in [0.2, 0.25) is 0 Å². The predicted octanol–water partition coefficient (Wildman–Crippen LogP) is 6.66. The lowest BCUT2D eigenvalue weighted by atomic mass is 9.74. The summed E-state index contributed by atoms with van der Waals surface area (Å²) in [7, 11) is 1.71. The first-order valence-corrected chi connectivity index (χ1v) is 9.65. The quantitative estimate of drug-likeness (QED) is 0.372. The maximum Gasteiger partial charge on any atom is 0.118 e. The molecule has 4 aromatic rings. The molecule has 28 heavy (non-hydrogen) atoms. The molecule has 0 amide bonds. The van der Waals surface area contributed by atoms with Gasteiger partial charge in [0.05, 0.1) is 7.11 Å². The van der Waals surface area contributed by atoms with Gasteiger partial charge in [-0.1, -0.05) is 103 Å². The van der Waals surface area contributed by atoms with Crippen LogP contribution in [0.25, 0.3) is 0 Å². The van der Waals surface area contributed by atoms with Crippen LogP contribution < -0.4 is 4.74 Å². The van der Waals surface area contributed by atoms with Gasteiger partial charge in [-0.25, -0.2) is 0 Å². The maximum absolute atomic E-state index is 5.38. The molecule has 0 N–H and O–H groups in total. The van der Waals surface area contributed by atoms with Crippen LogP contribution in [-0.4, -0.2) is 7.11 Å². The first-order chi connectivity index (χ1) is 13.9. The van der Waals surface area contributed by atoms with Gasteiger partial charge in [0.15, 0.2) is 0 Å². The van der Waals surface area contributed by atoms with Gasteiger partial charge < -0.3 is 4.74 Å². The summed E-state index contributed by atoms with van der Waals surface area (Å²) < 4.78 is 5.38. The van der Waals surface area contributed by atoms with Gasteiger partial charge in [-0.2, -0.15) is 0 Å². The van der Waals surface area contributed by atoms with E-state index < -0.39 is 0 Å². The second-order valence-electron chi connectivity index (χ2n) is 6.96. The summed E-state index contributed by atoms with van der Waals surface area (Å²) in [5.74, 6) is 1.31. The zero-order valence-corrected chi connectivity index (χ0v) is 16.0. The third-order valence-corrected chi connectivity index (χ3v) is 5.28. The van der Waals surface area contributed by atoms with Crippen molar-refractivity contribution in [3.63, 3.8) is 0 Å². The van der Waals surface area contributed by atoms with Crippen molar-refractivity contribution in [2.45, 2.75) is 11.8 Å². The zero-order valence-electron chi connectivity index (χ0n) is 16.0. The molecule has 138 valence electrons. The van der Waals surface area contributed by atoms with Crippen LogP contribution in [0.5, 0.6) is 5.75 Å². The van der Waals surface area contributed by atoms with Crippen LogP contribution in [0.3, 0.4) is 0 Å². The van der Waals surface area contributed by atoms with E-state index in [0.717, 1.165) is 5.75 Å². The molecule has 1 unspecified atom stereocenters. The lowest BCUT2D eigenvalue weighted by Gasteiger charge is -2.29. The second-order valence-corrected chi connectivity index (χ2v) is 6.96. The minimum absolute atomic E-state index is 0.205. The number of benzene rings is 4. The van der Waals surface area contributed by atoms with Gasteiger partial charge in [0.2, 0.25) is 0 Å². The molecule has 0 saturated carbocycles. The summed E-state index contributed by atoms with van der Waals surface area (Å²) in [5.41, 5.74) is 5.23. The van der Waals surface area contributed by atoms with E-state index in [1.165, 1.54) is 22.3 Å². The molecule has 0 spiro atoms. The number of rotatable bonds is 6. The van der Waals surface area contributed by atoms with Gasteiger partial charge in [0.1, 0.15) is 5.75 Å². The van der Waals surface area contributed by atoms with Crippen LogP contribution in [0.1, 0.15) is 34.1 Å². The standard InChI is InChI=1S/C27H24O/c1-28-25-19-17-24(18-20-25)27(23-15-9-4-10-16-23)26(21-11-5-2-6-12-21)22-13-7-3-8-14-22/h2-20,26-27H,1H3. The molecule has 0 aliphatic carbocycles. The zero-order chi connectivity index (χ0) is 19.2. The topological polar surface area (TPSA) is 9.23 Å². The summed E-state index contributed by atoms with van der Waals surface area (Å²) in [6.45, 7) is 0. The molecule has 4 aromatic carbocycles. The molecule has 1 nitrogen and oxygen atoms in total. The number of hydrogen-bond acceptors (Lipinski definition) is 1. The minimum atomic E-state index is 0.205. The van der Waals surface area contributed by atoms with Gasteiger partial charge in [-0.15, -0.1) is 0 Å². The normalized spacial score (nSPS) is 11.9. The van der Waals surface area contributed by atoms with E-state index in [-0.39, 0.29) is 11.8 Å². The monoisotopic (exact) mass is 364 g/mol. The van der Waals surface area contributed by atoms with Gasteiger partial charge in [-0.3, -0.25) is 0 Å². The van der Waals surface area contributed by atoms with Crippen molar-refractivity contribution in [2.24, 2.45) is 0 Å². The van der Waals surface area contributed by atoms with E-state index >= 15 is 0 Å². The third kappa shape index (κ3) is 3.84. The van der Waals surface area contributed by atoms with Gasteiger partial charge >= 0.3 is 0 Å². The Balaban J connectivity index is 1.90. The van der Waals surface area contributed by atoms with Crippen LogP contribution in [0.15, 0.2) is 115 Å². The SMILES string of the molecule is COc1ccc(C(c2ccccc2)C(c2ccccc2)c2ccccc2)cc1. The average molecular weight is 364 g/mol. The van der Waals surface area contributed by atoms with Gasteiger partial charge in [-0.05, 0) is 34.4 Å². The van der Waals surface area contributed by atoms with E-state index in [9.17, 15) is 0 Å². The Morgan fingerprint density at radius 3 is 1.07 bits per heavy atom. The van der Waals surface area contributed by atoms with Gasteiger partial charge in [0.25, 0.3) is 0 Å². The fraction of sp³-hybridized carbons (Fsp3) is 0.111. The molecular weight excluding hydrogens is 340 g/mol. The van der Waals surface area contributed by atoms with Crippen molar-refractivity contribution in [1.29, 1.82) is 0 Å². The fourth-order valence-electron chi connectivity index (χ4n) is 3.95. The Morgan fingerprint density at radius 1 is 0.429 bits per heavy atom. The first-order valence-electron chi connectivity index (χ1n) is 9.65. The summed E-state index contributed by atoms with van der Waals surface area (Å²) in [4.78, 5) is 0. The number of hydrogen-bond donors (Lipinski definition) is 0. The molecule has 1 heteroatoms. The first kappa shape index (κ1) is 18.1.